The van der Waals surface area contributed by atoms with Crippen LogP contribution in [0.3, 0.4) is 0 Å². The fourth-order valence-corrected chi connectivity index (χ4v) is 5.81. The first-order chi connectivity index (χ1) is 21.4. The molecule has 0 aliphatic carbocycles. The summed E-state index contributed by atoms with van der Waals surface area (Å²) in [6, 6.07) is 17.4. The number of piperidine rings is 1. The third-order valence-electron chi connectivity index (χ3n) is 8.15. The Labute approximate surface area is 254 Å². The molecule has 1 atom stereocenters. The molecule has 228 valence electrons. The summed E-state index contributed by atoms with van der Waals surface area (Å²) in [6.07, 6.45) is 4.58. The van der Waals surface area contributed by atoms with Gasteiger partial charge in [0.15, 0.2) is 11.7 Å². The first-order valence-electron chi connectivity index (χ1n) is 14.9. The van der Waals surface area contributed by atoms with Gasteiger partial charge in [-0.25, -0.2) is 4.79 Å². The summed E-state index contributed by atoms with van der Waals surface area (Å²) < 4.78 is 22.5. The van der Waals surface area contributed by atoms with Crippen LogP contribution < -0.4 is 30.5 Å². The van der Waals surface area contributed by atoms with Gasteiger partial charge in [-0.1, -0.05) is 18.6 Å². The molecule has 2 aliphatic heterocycles. The fraction of sp³-hybridized carbons (Fsp3) is 0.324. The Morgan fingerprint density at radius 2 is 1.84 bits per heavy atom. The monoisotopic (exact) mass is 597 g/mol. The SMILES string of the molecule is COc1cccc(-c2cc(C(=O)Nc3cc4ccc5c(c4oc3=O)NC(=O)C(CCCN3CCCCC3)O5)ccc2OC)c1. The number of benzene rings is 3. The summed E-state index contributed by atoms with van der Waals surface area (Å²) in [6.45, 7) is 3.16. The van der Waals surface area contributed by atoms with E-state index in [1.165, 1.54) is 25.3 Å². The van der Waals surface area contributed by atoms with Crippen molar-refractivity contribution in [2.75, 3.05) is 44.5 Å². The normalized spacial score (nSPS) is 16.5. The van der Waals surface area contributed by atoms with Crippen LogP contribution in [0.4, 0.5) is 11.4 Å². The molecule has 1 saturated heterocycles. The Bertz CT molecular complexity index is 1760. The molecule has 0 bridgehead atoms. The Kier molecular flexibility index (Phi) is 8.51. The van der Waals surface area contributed by atoms with Crippen LogP contribution in [0.1, 0.15) is 42.5 Å². The van der Waals surface area contributed by atoms with Crippen LogP contribution in [0.2, 0.25) is 0 Å². The summed E-state index contributed by atoms with van der Waals surface area (Å²) in [5.74, 6) is 0.933. The number of amides is 2. The van der Waals surface area contributed by atoms with Crippen LogP contribution in [-0.2, 0) is 4.79 Å². The number of likely N-dealkylation sites (tertiary alicyclic amines) is 1. The van der Waals surface area contributed by atoms with E-state index in [0.29, 0.717) is 45.9 Å². The number of ether oxygens (including phenoxy) is 3. The van der Waals surface area contributed by atoms with E-state index < -0.39 is 17.6 Å². The zero-order valence-corrected chi connectivity index (χ0v) is 24.8. The Morgan fingerprint density at radius 1 is 1.00 bits per heavy atom. The van der Waals surface area contributed by atoms with Crippen molar-refractivity contribution in [1.29, 1.82) is 0 Å². The number of hydrogen-bond acceptors (Lipinski definition) is 8. The van der Waals surface area contributed by atoms with Gasteiger partial charge in [-0.2, -0.15) is 0 Å². The first-order valence-corrected chi connectivity index (χ1v) is 14.9. The van der Waals surface area contributed by atoms with Crippen LogP contribution in [-0.4, -0.2) is 56.7 Å². The molecule has 1 aromatic heterocycles. The van der Waals surface area contributed by atoms with Crippen LogP contribution in [0, 0.1) is 0 Å². The van der Waals surface area contributed by atoms with Crippen molar-refractivity contribution >= 4 is 34.2 Å². The van der Waals surface area contributed by atoms with E-state index >= 15 is 0 Å². The average molecular weight is 598 g/mol. The van der Waals surface area contributed by atoms with E-state index in [1.807, 2.05) is 24.3 Å². The largest absolute Gasteiger partial charge is 0.497 e. The number of methoxy groups -OCH3 is 2. The number of rotatable bonds is 9. The minimum atomic E-state index is -0.751. The predicted octanol–water partition coefficient (Wildman–Crippen LogP) is 5.70. The number of fused-ring (bicyclic) bond motifs is 3. The minimum Gasteiger partial charge on any atom is -0.497 e. The fourth-order valence-electron chi connectivity index (χ4n) is 5.81. The van der Waals surface area contributed by atoms with E-state index in [4.69, 9.17) is 18.6 Å². The molecule has 10 nitrogen and oxygen atoms in total. The maximum Gasteiger partial charge on any atom is 0.360 e. The minimum absolute atomic E-state index is 0.0279. The van der Waals surface area contributed by atoms with Crippen LogP contribution in [0.15, 0.2) is 69.9 Å². The van der Waals surface area contributed by atoms with Crippen molar-refractivity contribution in [3.63, 3.8) is 0 Å². The molecule has 2 aliphatic rings. The number of nitrogens with one attached hydrogen (secondary N) is 2. The Morgan fingerprint density at radius 3 is 2.64 bits per heavy atom. The zero-order chi connectivity index (χ0) is 30.6. The quantitative estimate of drug-likeness (QED) is 0.236. The molecule has 10 heteroatoms. The van der Waals surface area contributed by atoms with Crippen molar-refractivity contribution < 1.29 is 28.2 Å². The Balaban J connectivity index is 1.19. The molecule has 2 amide bonds. The molecule has 44 heavy (non-hydrogen) atoms. The lowest BCUT2D eigenvalue weighted by atomic mass is 10.0. The maximum atomic E-state index is 13.3. The summed E-state index contributed by atoms with van der Waals surface area (Å²) >= 11 is 0. The number of carbonyl (C=O) groups excluding carboxylic acids is 2. The molecule has 2 N–H and O–H groups in total. The number of nitrogens with zero attached hydrogens (tertiary/aromatic N) is 1. The van der Waals surface area contributed by atoms with Crippen molar-refractivity contribution in [2.45, 2.75) is 38.2 Å². The van der Waals surface area contributed by atoms with Gasteiger partial charge >= 0.3 is 5.63 Å². The van der Waals surface area contributed by atoms with Crippen molar-refractivity contribution in [2.24, 2.45) is 0 Å². The molecule has 3 aromatic carbocycles. The van der Waals surface area contributed by atoms with Gasteiger partial charge in [0.05, 0.1) is 14.2 Å². The summed E-state index contributed by atoms with van der Waals surface area (Å²) in [7, 11) is 3.14. The van der Waals surface area contributed by atoms with E-state index in [2.05, 4.69) is 15.5 Å². The summed E-state index contributed by atoms with van der Waals surface area (Å²) in [5, 5.41) is 6.07. The predicted molar refractivity (Wildman–Crippen MR) is 168 cm³/mol. The highest BCUT2D eigenvalue weighted by Gasteiger charge is 2.30. The molecule has 4 aromatic rings. The van der Waals surface area contributed by atoms with Gasteiger partial charge in [0.25, 0.3) is 11.8 Å². The van der Waals surface area contributed by atoms with Gasteiger partial charge in [0.1, 0.15) is 28.6 Å². The maximum absolute atomic E-state index is 13.3. The van der Waals surface area contributed by atoms with Gasteiger partial charge in [-0.15, -0.1) is 0 Å². The first kappa shape index (κ1) is 29.3. The van der Waals surface area contributed by atoms with Gasteiger partial charge in [-0.3, -0.25) is 9.59 Å². The molecule has 1 fully saturated rings. The van der Waals surface area contributed by atoms with Gasteiger partial charge < -0.3 is 34.2 Å². The van der Waals surface area contributed by atoms with Crippen molar-refractivity contribution in [3.8, 4) is 28.4 Å². The second kappa shape index (κ2) is 12.8. The van der Waals surface area contributed by atoms with Crippen molar-refractivity contribution in [1.82, 2.24) is 4.90 Å². The van der Waals surface area contributed by atoms with Crippen LogP contribution >= 0.6 is 0 Å². The molecule has 6 rings (SSSR count). The lowest BCUT2D eigenvalue weighted by molar-refractivity contribution is -0.123. The van der Waals surface area contributed by atoms with E-state index in [-0.39, 0.29) is 17.2 Å². The van der Waals surface area contributed by atoms with E-state index in [1.54, 1.807) is 44.6 Å². The highest BCUT2D eigenvalue weighted by Crippen LogP contribution is 2.38. The third kappa shape index (κ3) is 6.12. The molecular weight excluding hydrogens is 562 g/mol. The molecule has 0 spiro atoms. The van der Waals surface area contributed by atoms with Crippen LogP contribution in [0.5, 0.6) is 17.2 Å². The highest BCUT2D eigenvalue weighted by atomic mass is 16.5. The smallest absolute Gasteiger partial charge is 0.360 e. The second-order valence-corrected chi connectivity index (χ2v) is 11.0. The van der Waals surface area contributed by atoms with Gasteiger partial charge in [0.2, 0.25) is 0 Å². The molecular formula is C34H35N3O7. The standard InChI is InChI=1S/C34H35N3O7/c1-41-24-9-6-8-21(18-24)25-19-23(12-13-27(25)42-2)32(38)35-26-20-22-11-14-28-30(31(22)44-34(26)40)36-33(39)29(43-28)10-7-17-37-15-4-3-5-16-37/h6,8-9,11-14,18-20,29H,3-5,7,10,15-17H2,1-2H3,(H,35,38)(H,36,39). The molecule has 1 unspecified atom stereocenters. The lowest BCUT2D eigenvalue weighted by Gasteiger charge is -2.29. The zero-order valence-electron chi connectivity index (χ0n) is 24.8. The van der Waals surface area contributed by atoms with Gasteiger partial charge in [0, 0.05) is 16.5 Å². The third-order valence-corrected chi connectivity index (χ3v) is 8.15. The molecule has 0 radical (unpaired) electrons. The van der Waals surface area contributed by atoms with E-state index in [0.717, 1.165) is 31.6 Å². The highest BCUT2D eigenvalue weighted by molar-refractivity contribution is 6.08. The van der Waals surface area contributed by atoms with Crippen molar-refractivity contribution in [3.05, 3.63) is 76.6 Å². The lowest BCUT2D eigenvalue weighted by Crippen LogP contribution is -2.38. The summed E-state index contributed by atoms with van der Waals surface area (Å²) in [5.41, 5.74) is 1.54. The summed E-state index contributed by atoms with van der Waals surface area (Å²) in [4.78, 5) is 41.6. The average Bonchev–Trinajstić information content (AvgIpc) is 3.05. The number of hydrogen-bond donors (Lipinski definition) is 2. The second-order valence-electron chi connectivity index (χ2n) is 11.0. The Hall–Kier alpha value is -4.83. The van der Waals surface area contributed by atoms with Gasteiger partial charge in [-0.05, 0) is 99.4 Å². The number of anilines is 2. The molecule has 3 heterocycles. The van der Waals surface area contributed by atoms with Crippen LogP contribution in [0.25, 0.3) is 22.1 Å². The number of carbonyl (C=O) groups is 2. The van der Waals surface area contributed by atoms with E-state index in [9.17, 15) is 14.4 Å². The topological polar surface area (TPSA) is 119 Å². The molecule has 0 saturated carbocycles.